The minimum atomic E-state index is -0.154. The number of carbonyl (C=O) groups excluding carboxylic acids is 3. The number of carbonyl (C=O) groups is 3. The van der Waals surface area contributed by atoms with Crippen LogP contribution in [0.1, 0.15) is 37.0 Å². The summed E-state index contributed by atoms with van der Waals surface area (Å²) in [5.41, 5.74) is 1.17. The van der Waals surface area contributed by atoms with Crippen LogP contribution in [0.4, 0.5) is 5.69 Å². The van der Waals surface area contributed by atoms with Gasteiger partial charge in [-0.2, -0.15) is 0 Å². The van der Waals surface area contributed by atoms with Gasteiger partial charge in [0.25, 0.3) is 5.91 Å². The van der Waals surface area contributed by atoms with Crippen molar-refractivity contribution in [2.75, 3.05) is 57.7 Å². The van der Waals surface area contributed by atoms with Gasteiger partial charge in [-0.05, 0) is 50.2 Å². The van der Waals surface area contributed by atoms with Gasteiger partial charge in [0.2, 0.25) is 11.8 Å². The molecule has 2 aliphatic rings. The van der Waals surface area contributed by atoms with E-state index in [1.165, 1.54) is 6.92 Å². The fraction of sp³-hybridized carbons (Fsp3) is 0.591. The van der Waals surface area contributed by atoms with Crippen molar-refractivity contribution in [1.82, 2.24) is 20.0 Å². The van der Waals surface area contributed by atoms with Crippen molar-refractivity contribution in [2.45, 2.75) is 32.7 Å². The van der Waals surface area contributed by atoms with Gasteiger partial charge in [0.1, 0.15) is 6.54 Å². The monoisotopic (exact) mass is 415 g/mol. The van der Waals surface area contributed by atoms with Gasteiger partial charge in [0.05, 0.1) is 0 Å². The number of likely N-dealkylation sites (N-methyl/N-ethyl adjacent to an activating group) is 1. The van der Waals surface area contributed by atoms with Crippen molar-refractivity contribution in [3.63, 3.8) is 0 Å². The molecule has 2 fully saturated rings. The van der Waals surface area contributed by atoms with Crippen LogP contribution >= 0.6 is 0 Å². The highest BCUT2D eigenvalue weighted by Gasteiger charge is 2.30. The summed E-state index contributed by atoms with van der Waals surface area (Å²) in [5, 5.41) is 5.96. The molecular formula is C22H33N5O3. The van der Waals surface area contributed by atoms with Gasteiger partial charge in [0.15, 0.2) is 0 Å². The van der Waals surface area contributed by atoms with E-state index >= 15 is 0 Å². The molecule has 3 rings (SSSR count). The van der Waals surface area contributed by atoms with Crippen LogP contribution in [-0.2, 0) is 9.59 Å². The molecule has 2 N–H and O–H groups in total. The first-order valence-electron chi connectivity index (χ1n) is 10.9. The van der Waals surface area contributed by atoms with Crippen molar-refractivity contribution in [2.24, 2.45) is 0 Å². The Hall–Kier alpha value is -2.45. The molecule has 1 atom stereocenters. The molecule has 1 aromatic carbocycles. The summed E-state index contributed by atoms with van der Waals surface area (Å²) in [6.45, 7) is 9.16. The number of nitrogens with zero attached hydrogens (tertiary/aromatic N) is 3. The third kappa shape index (κ3) is 5.79. The van der Waals surface area contributed by atoms with Crippen LogP contribution in [0.2, 0.25) is 0 Å². The number of likely N-dealkylation sites (tertiary alicyclic amines) is 1. The Bertz CT molecular complexity index is 746. The topological polar surface area (TPSA) is 85.0 Å². The summed E-state index contributed by atoms with van der Waals surface area (Å²) < 4.78 is 0. The van der Waals surface area contributed by atoms with Crippen molar-refractivity contribution in [3.05, 3.63) is 29.8 Å². The summed E-state index contributed by atoms with van der Waals surface area (Å²) in [7, 11) is 0. The van der Waals surface area contributed by atoms with E-state index in [1.54, 1.807) is 29.2 Å². The first-order chi connectivity index (χ1) is 14.5. The van der Waals surface area contributed by atoms with E-state index in [4.69, 9.17) is 0 Å². The Morgan fingerprint density at radius 1 is 1.13 bits per heavy atom. The molecule has 2 heterocycles. The Morgan fingerprint density at radius 3 is 2.47 bits per heavy atom. The highest BCUT2D eigenvalue weighted by molar-refractivity contribution is 5.97. The maximum atomic E-state index is 13.3. The number of benzene rings is 1. The molecule has 0 aromatic heterocycles. The van der Waals surface area contributed by atoms with Gasteiger partial charge >= 0.3 is 0 Å². The number of amides is 3. The van der Waals surface area contributed by atoms with Gasteiger partial charge in [-0.3, -0.25) is 19.3 Å². The van der Waals surface area contributed by atoms with Gasteiger partial charge < -0.3 is 20.4 Å². The van der Waals surface area contributed by atoms with E-state index in [0.717, 1.165) is 39.0 Å². The molecule has 2 saturated heterocycles. The molecule has 0 saturated carbocycles. The number of hydrogen-bond donors (Lipinski definition) is 2. The maximum absolute atomic E-state index is 13.3. The van der Waals surface area contributed by atoms with E-state index in [0.29, 0.717) is 30.9 Å². The quantitative estimate of drug-likeness (QED) is 0.694. The summed E-state index contributed by atoms with van der Waals surface area (Å²) in [6.07, 6.45) is 2.17. The van der Waals surface area contributed by atoms with Crippen LogP contribution < -0.4 is 10.6 Å². The first kappa shape index (κ1) is 22.2. The normalized spacial score (nSPS) is 19.5. The lowest BCUT2D eigenvalue weighted by Gasteiger charge is -2.33. The van der Waals surface area contributed by atoms with Crippen molar-refractivity contribution < 1.29 is 14.4 Å². The van der Waals surface area contributed by atoms with E-state index in [9.17, 15) is 14.4 Å². The summed E-state index contributed by atoms with van der Waals surface area (Å²) in [4.78, 5) is 43.4. The van der Waals surface area contributed by atoms with Crippen molar-refractivity contribution >= 4 is 23.4 Å². The van der Waals surface area contributed by atoms with Crippen LogP contribution in [-0.4, -0.2) is 90.8 Å². The average Bonchev–Trinajstić information content (AvgIpc) is 3.20. The number of nitrogens with one attached hydrogen (secondary N) is 2. The SMILES string of the molecule is CCN1CCCC1CN(CC(=O)N1CCNCC1)C(=O)c1ccc(NC(C)=O)cc1. The molecule has 0 aliphatic carbocycles. The lowest BCUT2D eigenvalue weighted by atomic mass is 10.1. The molecule has 1 aromatic rings. The lowest BCUT2D eigenvalue weighted by molar-refractivity contribution is -0.132. The standard InChI is InChI=1S/C22H33N5O3/c1-3-25-12-4-5-20(25)15-27(16-21(29)26-13-10-23-11-14-26)22(30)18-6-8-19(9-7-18)24-17(2)28/h6-9,20,23H,3-5,10-16H2,1-2H3,(H,24,28). The van der Waals surface area contributed by atoms with Crippen LogP contribution in [0.25, 0.3) is 0 Å². The van der Waals surface area contributed by atoms with Crippen molar-refractivity contribution in [1.29, 1.82) is 0 Å². The van der Waals surface area contributed by atoms with E-state index in [-0.39, 0.29) is 30.3 Å². The predicted octanol–water partition coefficient (Wildman–Crippen LogP) is 1.00. The molecular weight excluding hydrogens is 382 g/mol. The minimum absolute atomic E-state index is 0.000705. The molecule has 2 aliphatic heterocycles. The predicted molar refractivity (Wildman–Crippen MR) is 116 cm³/mol. The minimum Gasteiger partial charge on any atom is -0.339 e. The van der Waals surface area contributed by atoms with Crippen LogP contribution in [0.15, 0.2) is 24.3 Å². The molecule has 3 amide bonds. The second kappa shape index (κ2) is 10.5. The van der Waals surface area contributed by atoms with E-state index in [2.05, 4.69) is 22.5 Å². The smallest absolute Gasteiger partial charge is 0.254 e. The van der Waals surface area contributed by atoms with Crippen LogP contribution in [0.5, 0.6) is 0 Å². The second-order valence-electron chi connectivity index (χ2n) is 8.00. The molecule has 164 valence electrons. The Balaban J connectivity index is 1.74. The van der Waals surface area contributed by atoms with E-state index in [1.807, 2.05) is 4.90 Å². The van der Waals surface area contributed by atoms with Gasteiger partial charge in [-0.1, -0.05) is 6.92 Å². The summed E-state index contributed by atoms with van der Waals surface area (Å²) in [6, 6.07) is 7.15. The zero-order valence-electron chi connectivity index (χ0n) is 18.0. The van der Waals surface area contributed by atoms with Gasteiger partial charge in [0, 0.05) is 56.9 Å². The largest absolute Gasteiger partial charge is 0.339 e. The molecule has 1 unspecified atom stereocenters. The lowest BCUT2D eigenvalue weighted by Crippen LogP contribution is -2.52. The molecule has 0 radical (unpaired) electrons. The zero-order chi connectivity index (χ0) is 21.5. The molecule has 8 nitrogen and oxygen atoms in total. The maximum Gasteiger partial charge on any atom is 0.254 e. The number of anilines is 1. The third-order valence-electron chi connectivity index (χ3n) is 5.87. The zero-order valence-corrected chi connectivity index (χ0v) is 18.0. The van der Waals surface area contributed by atoms with Gasteiger partial charge in [-0.15, -0.1) is 0 Å². The first-order valence-corrected chi connectivity index (χ1v) is 10.9. The van der Waals surface area contributed by atoms with Crippen molar-refractivity contribution in [3.8, 4) is 0 Å². The summed E-state index contributed by atoms with van der Waals surface area (Å²) >= 11 is 0. The Labute approximate surface area is 178 Å². The molecule has 30 heavy (non-hydrogen) atoms. The summed E-state index contributed by atoms with van der Waals surface area (Å²) in [5.74, 6) is -0.296. The van der Waals surface area contributed by atoms with Crippen LogP contribution in [0, 0.1) is 0 Å². The average molecular weight is 416 g/mol. The fourth-order valence-corrected chi connectivity index (χ4v) is 4.25. The Kier molecular flexibility index (Phi) is 7.81. The highest BCUT2D eigenvalue weighted by Crippen LogP contribution is 2.19. The second-order valence-corrected chi connectivity index (χ2v) is 8.00. The van der Waals surface area contributed by atoms with Crippen LogP contribution in [0.3, 0.4) is 0 Å². The fourth-order valence-electron chi connectivity index (χ4n) is 4.25. The molecule has 0 spiro atoms. The number of hydrogen-bond acceptors (Lipinski definition) is 5. The number of piperazine rings is 1. The number of rotatable bonds is 7. The Morgan fingerprint density at radius 2 is 1.83 bits per heavy atom. The molecule has 0 bridgehead atoms. The van der Waals surface area contributed by atoms with Gasteiger partial charge in [-0.25, -0.2) is 0 Å². The molecule has 8 heteroatoms. The highest BCUT2D eigenvalue weighted by atomic mass is 16.2. The third-order valence-corrected chi connectivity index (χ3v) is 5.87. The van der Waals surface area contributed by atoms with E-state index < -0.39 is 0 Å².